The predicted molar refractivity (Wildman–Crippen MR) is 75.6 cm³/mol. The SMILES string of the molecule is COc1nccc(N(C)C)c1NC(=O)[C@H](C)C1CC1. The summed E-state index contributed by atoms with van der Waals surface area (Å²) in [7, 11) is 5.41. The molecule has 1 atom stereocenters. The van der Waals surface area contributed by atoms with E-state index in [4.69, 9.17) is 4.74 Å². The first kappa shape index (κ1) is 13.6. The second-order valence-corrected chi connectivity index (χ2v) is 5.22. The van der Waals surface area contributed by atoms with E-state index in [9.17, 15) is 4.79 Å². The highest BCUT2D eigenvalue weighted by atomic mass is 16.5. The van der Waals surface area contributed by atoms with E-state index >= 15 is 0 Å². The van der Waals surface area contributed by atoms with Gasteiger partial charge >= 0.3 is 0 Å². The van der Waals surface area contributed by atoms with Crippen molar-refractivity contribution >= 4 is 17.3 Å². The second-order valence-electron chi connectivity index (χ2n) is 5.22. The molecule has 0 saturated heterocycles. The number of amides is 1. The smallest absolute Gasteiger partial charge is 0.239 e. The van der Waals surface area contributed by atoms with Crippen molar-refractivity contribution in [1.29, 1.82) is 0 Å². The lowest BCUT2D eigenvalue weighted by molar-refractivity contribution is -0.119. The molecule has 0 aromatic carbocycles. The van der Waals surface area contributed by atoms with Crippen LogP contribution in [0.1, 0.15) is 19.8 Å². The van der Waals surface area contributed by atoms with Crippen LogP contribution >= 0.6 is 0 Å². The first-order chi connectivity index (χ1) is 9.04. The van der Waals surface area contributed by atoms with Gasteiger partial charge in [-0.1, -0.05) is 6.92 Å². The van der Waals surface area contributed by atoms with E-state index in [1.807, 2.05) is 32.0 Å². The van der Waals surface area contributed by atoms with E-state index in [-0.39, 0.29) is 11.8 Å². The zero-order chi connectivity index (χ0) is 14.0. The fourth-order valence-corrected chi connectivity index (χ4v) is 2.13. The average molecular weight is 263 g/mol. The maximum absolute atomic E-state index is 12.2. The highest BCUT2D eigenvalue weighted by Crippen LogP contribution is 2.38. The summed E-state index contributed by atoms with van der Waals surface area (Å²) in [6.07, 6.45) is 3.98. The Kier molecular flexibility index (Phi) is 3.93. The molecule has 0 spiro atoms. The number of nitrogens with zero attached hydrogens (tertiary/aromatic N) is 2. The number of hydrogen-bond donors (Lipinski definition) is 1. The molecule has 0 radical (unpaired) electrons. The van der Waals surface area contributed by atoms with Crippen molar-refractivity contribution in [3.63, 3.8) is 0 Å². The normalized spacial score (nSPS) is 15.8. The Morgan fingerprint density at radius 3 is 2.74 bits per heavy atom. The van der Waals surface area contributed by atoms with Gasteiger partial charge in [0.1, 0.15) is 5.69 Å². The molecule has 2 rings (SSSR count). The van der Waals surface area contributed by atoms with Gasteiger partial charge in [-0.3, -0.25) is 4.79 Å². The van der Waals surface area contributed by atoms with Crippen molar-refractivity contribution < 1.29 is 9.53 Å². The van der Waals surface area contributed by atoms with Crippen molar-refractivity contribution in [2.45, 2.75) is 19.8 Å². The number of carbonyl (C=O) groups excluding carboxylic acids is 1. The summed E-state index contributed by atoms with van der Waals surface area (Å²) in [6.45, 7) is 1.98. The molecule has 1 saturated carbocycles. The summed E-state index contributed by atoms with van der Waals surface area (Å²) in [5.74, 6) is 1.06. The van der Waals surface area contributed by atoms with Crippen LogP contribution in [0.5, 0.6) is 5.88 Å². The fraction of sp³-hybridized carbons (Fsp3) is 0.571. The lowest BCUT2D eigenvalue weighted by Gasteiger charge is -2.20. The minimum Gasteiger partial charge on any atom is -0.479 e. The standard InChI is InChI=1S/C14H21N3O2/c1-9(10-5-6-10)13(18)16-12-11(17(2)3)7-8-15-14(12)19-4/h7-10H,5-6H2,1-4H3,(H,16,18)/t9-/m1/s1. The minimum absolute atomic E-state index is 0.0388. The Labute approximate surface area is 114 Å². The number of rotatable bonds is 5. The Balaban J connectivity index is 2.24. The number of ether oxygens (including phenoxy) is 1. The minimum atomic E-state index is 0.0388. The van der Waals surface area contributed by atoms with Crippen LogP contribution in [-0.2, 0) is 4.79 Å². The number of aromatic nitrogens is 1. The molecule has 19 heavy (non-hydrogen) atoms. The number of hydrogen-bond acceptors (Lipinski definition) is 4. The van der Waals surface area contributed by atoms with E-state index in [1.54, 1.807) is 13.3 Å². The molecule has 1 N–H and O–H groups in total. The lowest BCUT2D eigenvalue weighted by Crippen LogP contribution is -2.24. The Hall–Kier alpha value is -1.78. The average Bonchev–Trinajstić information content (AvgIpc) is 3.21. The third kappa shape index (κ3) is 2.97. The quantitative estimate of drug-likeness (QED) is 0.884. The van der Waals surface area contributed by atoms with Crippen LogP contribution in [0.4, 0.5) is 11.4 Å². The molecule has 1 amide bonds. The molecule has 0 bridgehead atoms. The maximum atomic E-state index is 12.2. The van der Waals surface area contributed by atoms with Gasteiger partial charge in [-0.25, -0.2) is 4.98 Å². The third-order valence-electron chi connectivity index (χ3n) is 3.56. The molecule has 1 aliphatic carbocycles. The third-order valence-corrected chi connectivity index (χ3v) is 3.56. The maximum Gasteiger partial charge on any atom is 0.239 e. The van der Waals surface area contributed by atoms with Crippen molar-refractivity contribution in [3.05, 3.63) is 12.3 Å². The number of anilines is 2. The first-order valence-corrected chi connectivity index (χ1v) is 6.55. The topological polar surface area (TPSA) is 54.5 Å². The summed E-state index contributed by atoms with van der Waals surface area (Å²) in [6, 6.07) is 1.86. The second kappa shape index (κ2) is 5.47. The predicted octanol–water partition coefficient (Wildman–Crippen LogP) is 2.14. The van der Waals surface area contributed by atoms with Crippen molar-refractivity contribution in [1.82, 2.24) is 4.98 Å². The lowest BCUT2D eigenvalue weighted by atomic mass is 10.1. The summed E-state index contributed by atoms with van der Waals surface area (Å²) in [5, 5.41) is 2.96. The molecule has 1 aromatic heterocycles. The zero-order valence-corrected chi connectivity index (χ0v) is 11.9. The van der Waals surface area contributed by atoms with Gasteiger partial charge in [0.15, 0.2) is 0 Å². The molecular weight excluding hydrogens is 242 g/mol. The van der Waals surface area contributed by atoms with Gasteiger partial charge < -0.3 is 15.0 Å². The van der Waals surface area contributed by atoms with Crippen LogP contribution in [0.25, 0.3) is 0 Å². The van der Waals surface area contributed by atoms with Crippen LogP contribution in [0.3, 0.4) is 0 Å². The highest BCUT2D eigenvalue weighted by molar-refractivity contribution is 5.97. The zero-order valence-electron chi connectivity index (χ0n) is 11.9. The number of carbonyl (C=O) groups is 1. The van der Waals surface area contributed by atoms with Crippen LogP contribution in [0.15, 0.2) is 12.3 Å². The molecule has 1 aromatic rings. The van der Waals surface area contributed by atoms with Crippen molar-refractivity contribution in [2.75, 3.05) is 31.4 Å². The van der Waals surface area contributed by atoms with E-state index in [0.29, 0.717) is 17.5 Å². The monoisotopic (exact) mass is 263 g/mol. The summed E-state index contributed by atoms with van der Waals surface area (Å²) in [4.78, 5) is 18.3. The number of pyridine rings is 1. The molecule has 5 heteroatoms. The molecule has 1 aliphatic rings. The first-order valence-electron chi connectivity index (χ1n) is 6.55. The van der Waals surface area contributed by atoms with Crippen LogP contribution < -0.4 is 15.0 Å². The molecule has 5 nitrogen and oxygen atoms in total. The van der Waals surface area contributed by atoms with E-state index in [0.717, 1.165) is 18.5 Å². The van der Waals surface area contributed by atoms with Gasteiger partial charge in [-0.2, -0.15) is 0 Å². The van der Waals surface area contributed by atoms with Gasteiger partial charge in [0.05, 0.1) is 12.8 Å². The molecule has 1 heterocycles. The Morgan fingerprint density at radius 1 is 1.53 bits per heavy atom. The molecule has 1 fully saturated rings. The van der Waals surface area contributed by atoms with Gasteiger partial charge in [-0.05, 0) is 24.8 Å². The molecule has 0 unspecified atom stereocenters. The van der Waals surface area contributed by atoms with Gasteiger partial charge in [0.25, 0.3) is 0 Å². The Morgan fingerprint density at radius 2 is 2.21 bits per heavy atom. The highest BCUT2D eigenvalue weighted by Gasteiger charge is 2.33. The van der Waals surface area contributed by atoms with E-state index in [2.05, 4.69) is 10.3 Å². The van der Waals surface area contributed by atoms with E-state index in [1.165, 1.54) is 0 Å². The molecule has 0 aliphatic heterocycles. The molecule has 104 valence electrons. The summed E-state index contributed by atoms with van der Waals surface area (Å²) >= 11 is 0. The number of nitrogens with one attached hydrogen (secondary N) is 1. The van der Waals surface area contributed by atoms with Crippen LogP contribution in [0.2, 0.25) is 0 Å². The van der Waals surface area contributed by atoms with Crippen molar-refractivity contribution in [3.8, 4) is 5.88 Å². The van der Waals surface area contributed by atoms with Gasteiger partial charge in [-0.15, -0.1) is 0 Å². The fourth-order valence-electron chi connectivity index (χ4n) is 2.13. The van der Waals surface area contributed by atoms with Gasteiger partial charge in [0.2, 0.25) is 11.8 Å². The van der Waals surface area contributed by atoms with Crippen LogP contribution in [0, 0.1) is 11.8 Å². The van der Waals surface area contributed by atoms with Crippen LogP contribution in [-0.4, -0.2) is 32.1 Å². The Bertz CT molecular complexity index is 470. The number of methoxy groups -OCH3 is 1. The molecular formula is C14H21N3O2. The summed E-state index contributed by atoms with van der Waals surface area (Å²) < 4.78 is 5.24. The van der Waals surface area contributed by atoms with Gasteiger partial charge in [0, 0.05) is 26.2 Å². The van der Waals surface area contributed by atoms with E-state index < -0.39 is 0 Å². The summed E-state index contributed by atoms with van der Waals surface area (Å²) in [5.41, 5.74) is 1.54. The van der Waals surface area contributed by atoms with Crippen molar-refractivity contribution in [2.24, 2.45) is 11.8 Å². The largest absolute Gasteiger partial charge is 0.479 e.